The monoisotopic (exact) mass is 488 g/mol. The topological polar surface area (TPSA) is 257 Å². The van der Waals surface area contributed by atoms with E-state index in [4.69, 9.17) is 17.2 Å². The van der Waals surface area contributed by atoms with E-state index in [0.717, 1.165) is 6.92 Å². The molecule has 14 nitrogen and oxygen atoms in total. The number of carboxylic acids is 1. The number of rotatable bonds is 16. The number of aliphatic carboxylic acids is 1. The fourth-order valence-electron chi connectivity index (χ4n) is 2.85. The van der Waals surface area contributed by atoms with Crippen LogP contribution >= 0.6 is 0 Å². The smallest absolute Gasteiger partial charge is 0.328 e. The van der Waals surface area contributed by atoms with Gasteiger partial charge in [-0.25, -0.2) is 4.79 Å². The Hall–Kier alpha value is -3.26. The van der Waals surface area contributed by atoms with Gasteiger partial charge in [-0.2, -0.15) is 0 Å². The van der Waals surface area contributed by atoms with Gasteiger partial charge >= 0.3 is 5.97 Å². The molecule has 194 valence electrons. The zero-order valence-corrected chi connectivity index (χ0v) is 19.6. The Kier molecular flexibility index (Phi) is 13.4. The van der Waals surface area contributed by atoms with Crippen LogP contribution in [0.5, 0.6) is 0 Å². The third kappa shape index (κ3) is 11.0. The highest BCUT2D eigenvalue weighted by molar-refractivity contribution is 5.94. The summed E-state index contributed by atoms with van der Waals surface area (Å²) in [6, 6.07) is -5.28. The van der Waals surface area contributed by atoms with Gasteiger partial charge in [0.2, 0.25) is 29.5 Å². The van der Waals surface area contributed by atoms with Gasteiger partial charge in [-0.15, -0.1) is 0 Å². The second-order valence-corrected chi connectivity index (χ2v) is 8.11. The first-order valence-electron chi connectivity index (χ1n) is 10.8. The minimum absolute atomic E-state index is 0.0322. The van der Waals surface area contributed by atoms with Crippen molar-refractivity contribution in [3.8, 4) is 0 Å². The molecule has 5 amide bonds. The molecule has 0 saturated heterocycles. The maximum Gasteiger partial charge on any atom is 0.328 e. The van der Waals surface area contributed by atoms with Crippen LogP contribution in [0.1, 0.15) is 52.9 Å². The normalized spacial score (nSPS) is 16.1. The van der Waals surface area contributed by atoms with Crippen LogP contribution in [0.4, 0.5) is 0 Å². The third-order valence-electron chi connectivity index (χ3n) is 5.19. The quantitative estimate of drug-likeness (QED) is 0.109. The molecule has 0 aliphatic heterocycles. The lowest BCUT2D eigenvalue weighted by Gasteiger charge is -2.28. The van der Waals surface area contributed by atoms with Gasteiger partial charge in [0.15, 0.2) is 6.04 Å². The second-order valence-electron chi connectivity index (χ2n) is 8.11. The van der Waals surface area contributed by atoms with Gasteiger partial charge < -0.3 is 43.4 Å². The van der Waals surface area contributed by atoms with E-state index in [9.17, 15) is 39.0 Å². The summed E-state index contributed by atoms with van der Waals surface area (Å²) in [6.45, 7) is 4.60. The van der Waals surface area contributed by atoms with Gasteiger partial charge in [-0.3, -0.25) is 24.0 Å². The molecule has 0 spiro atoms. The summed E-state index contributed by atoms with van der Waals surface area (Å²) in [5.41, 5.74) is 15.9. The summed E-state index contributed by atoms with van der Waals surface area (Å²) in [5, 5.41) is 25.8. The van der Waals surface area contributed by atoms with E-state index in [-0.39, 0.29) is 25.7 Å². The summed E-state index contributed by atoms with van der Waals surface area (Å²) in [6.07, 6.45) is -1.70. The molecule has 0 bridgehead atoms. The summed E-state index contributed by atoms with van der Waals surface area (Å²) in [7, 11) is 0. The van der Waals surface area contributed by atoms with Gasteiger partial charge in [-0.05, 0) is 25.7 Å². The molecule has 0 aliphatic rings. The Labute approximate surface area is 197 Å². The van der Waals surface area contributed by atoms with Gasteiger partial charge in [0.1, 0.15) is 12.1 Å². The molecule has 0 radical (unpaired) electrons. The van der Waals surface area contributed by atoms with E-state index < -0.39 is 71.7 Å². The molecule has 0 aromatic heterocycles. The van der Waals surface area contributed by atoms with Crippen molar-refractivity contribution in [3.63, 3.8) is 0 Å². The Balaban J connectivity index is 5.59. The van der Waals surface area contributed by atoms with Crippen molar-refractivity contribution in [2.75, 3.05) is 0 Å². The van der Waals surface area contributed by atoms with Gasteiger partial charge in [0.25, 0.3) is 0 Å². The maximum atomic E-state index is 13.0. The number of amides is 5. The summed E-state index contributed by atoms with van der Waals surface area (Å²) in [5.74, 6) is -5.76. The molecule has 14 heteroatoms. The number of carbonyl (C=O) groups excluding carboxylic acids is 5. The molecule has 0 saturated carbocycles. The predicted octanol–water partition coefficient (Wildman–Crippen LogP) is -3.19. The summed E-state index contributed by atoms with van der Waals surface area (Å²) in [4.78, 5) is 71.4. The zero-order chi connectivity index (χ0) is 26.6. The van der Waals surface area contributed by atoms with Crippen LogP contribution in [0, 0.1) is 5.92 Å². The lowest BCUT2D eigenvalue weighted by molar-refractivity contribution is -0.145. The number of nitrogens with one attached hydrogen (secondary N) is 3. The number of primary amides is 2. The van der Waals surface area contributed by atoms with Crippen molar-refractivity contribution in [1.82, 2.24) is 16.0 Å². The van der Waals surface area contributed by atoms with Crippen LogP contribution in [0.3, 0.4) is 0 Å². The van der Waals surface area contributed by atoms with Crippen LogP contribution < -0.4 is 33.2 Å². The number of aliphatic hydroxyl groups excluding tert-OH is 1. The number of hydrogen-bond acceptors (Lipinski definition) is 8. The molecule has 6 atom stereocenters. The Morgan fingerprint density at radius 2 is 1.29 bits per heavy atom. The molecule has 0 fully saturated rings. The maximum absolute atomic E-state index is 13.0. The molecule has 0 aromatic rings. The molecule has 0 rings (SSSR count). The standard InChI is InChI=1S/C20H36N6O8/c1-4-9(2)15(25-17(30)11(21)5-7-13(22)28)19(32)24-12(6-8-14(23)29)18(31)26-16(10(3)27)20(33)34/h9-12,15-16,27H,4-8,21H2,1-3H3,(H2,22,28)(H2,23,29)(H,24,32)(H,25,30)(H,26,31)(H,33,34). The predicted molar refractivity (Wildman–Crippen MR) is 119 cm³/mol. The van der Waals surface area contributed by atoms with Crippen LogP contribution in [0.2, 0.25) is 0 Å². The summed E-state index contributed by atoms with van der Waals surface area (Å²) < 4.78 is 0. The second kappa shape index (κ2) is 14.8. The SMILES string of the molecule is CCC(C)C(NC(=O)C(N)CCC(N)=O)C(=O)NC(CCC(N)=O)C(=O)NC(C(=O)O)C(C)O. The third-order valence-corrected chi connectivity index (χ3v) is 5.19. The number of nitrogens with two attached hydrogens (primary N) is 3. The molecular formula is C20H36N6O8. The average Bonchev–Trinajstić information content (AvgIpc) is 2.74. The molecular weight excluding hydrogens is 452 g/mol. The molecule has 6 unspecified atom stereocenters. The van der Waals surface area contributed by atoms with Gasteiger partial charge in [-0.1, -0.05) is 20.3 Å². The van der Waals surface area contributed by atoms with E-state index in [1.54, 1.807) is 13.8 Å². The van der Waals surface area contributed by atoms with Gasteiger partial charge in [0.05, 0.1) is 12.1 Å². The van der Waals surface area contributed by atoms with E-state index >= 15 is 0 Å². The van der Waals surface area contributed by atoms with Crippen molar-refractivity contribution in [3.05, 3.63) is 0 Å². The van der Waals surface area contributed by atoms with Crippen LogP contribution in [0.15, 0.2) is 0 Å². The van der Waals surface area contributed by atoms with E-state index in [1.807, 2.05) is 0 Å². The van der Waals surface area contributed by atoms with Crippen LogP contribution in [-0.4, -0.2) is 76.0 Å². The first kappa shape index (κ1) is 30.7. The van der Waals surface area contributed by atoms with Crippen molar-refractivity contribution < 1.29 is 39.0 Å². The molecule has 0 heterocycles. The average molecular weight is 489 g/mol. The lowest BCUT2D eigenvalue weighted by atomic mass is 9.96. The fraction of sp³-hybridized carbons (Fsp3) is 0.700. The number of hydrogen-bond donors (Lipinski definition) is 8. The lowest BCUT2D eigenvalue weighted by Crippen LogP contribution is -2.59. The highest BCUT2D eigenvalue weighted by atomic mass is 16.4. The fourth-order valence-corrected chi connectivity index (χ4v) is 2.85. The van der Waals surface area contributed by atoms with E-state index in [1.165, 1.54) is 0 Å². The summed E-state index contributed by atoms with van der Waals surface area (Å²) >= 11 is 0. The number of carbonyl (C=O) groups is 6. The first-order valence-corrected chi connectivity index (χ1v) is 10.8. The van der Waals surface area contributed by atoms with Crippen molar-refractivity contribution in [1.29, 1.82) is 0 Å². The number of aliphatic hydroxyl groups is 1. The zero-order valence-electron chi connectivity index (χ0n) is 19.6. The Bertz CT molecular complexity index is 759. The van der Waals surface area contributed by atoms with Crippen LogP contribution in [-0.2, 0) is 28.8 Å². The Morgan fingerprint density at radius 3 is 1.74 bits per heavy atom. The highest BCUT2D eigenvalue weighted by Crippen LogP contribution is 2.10. The van der Waals surface area contributed by atoms with Gasteiger partial charge in [0, 0.05) is 12.8 Å². The highest BCUT2D eigenvalue weighted by Gasteiger charge is 2.33. The largest absolute Gasteiger partial charge is 0.480 e. The minimum atomic E-state index is -1.66. The van der Waals surface area contributed by atoms with Crippen molar-refractivity contribution in [2.24, 2.45) is 23.1 Å². The molecule has 0 aliphatic carbocycles. The number of carboxylic acid groups (broad SMARTS) is 1. The van der Waals surface area contributed by atoms with Crippen molar-refractivity contribution in [2.45, 2.75) is 83.1 Å². The van der Waals surface area contributed by atoms with E-state index in [2.05, 4.69) is 16.0 Å². The molecule has 11 N–H and O–H groups in total. The molecule has 0 aromatic carbocycles. The first-order chi connectivity index (χ1) is 15.7. The minimum Gasteiger partial charge on any atom is -0.480 e. The van der Waals surface area contributed by atoms with Crippen molar-refractivity contribution >= 4 is 35.5 Å². The molecule has 34 heavy (non-hydrogen) atoms. The van der Waals surface area contributed by atoms with E-state index in [0.29, 0.717) is 6.42 Å². The Morgan fingerprint density at radius 1 is 0.794 bits per heavy atom. The van der Waals surface area contributed by atoms with Crippen LogP contribution in [0.25, 0.3) is 0 Å².